The lowest BCUT2D eigenvalue weighted by Crippen LogP contribution is -2.49. The molecule has 2 heterocycles. The van der Waals surface area contributed by atoms with Crippen LogP contribution in [0, 0.1) is 5.41 Å². The summed E-state index contributed by atoms with van der Waals surface area (Å²) in [6.07, 6.45) is 4.37. The van der Waals surface area contributed by atoms with Crippen LogP contribution in [-0.2, 0) is 4.74 Å². The zero-order valence-corrected chi connectivity index (χ0v) is 16.6. The minimum atomic E-state index is -0.422. The molecule has 144 valence electrons. The van der Waals surface area contributed by atoms with Gasteiger partial charge in [0.05, 0.1) is 7.11 Å². The Morgan fingerprint density at radius 1 is 1.04 bits per heavy atom. The van der Waals surface area contributed by atoms with Gasteiger partial charge in [-0.3, -0.25) is 0 Å². The zero-order valence-electron chi connectivity index (χ0n) is 16.6. The minimum absolute atomic E-state index is 0.166. The molecule has 1 aromatic rings. The number of likely N-dealkylation sites (tertiary alicyclic amines) is 1. The molecule has 0 radical (unpaired) electrons. The molecule has 5 heteroatoms. The maximum Gasteiger partial charge on any atom is 0.410 e. The van der Waals surface area contributed by atoms with E-state index in [0.29, 0.717) is 5.41 Å². The third-order valence-electron chi connectivity index (χ3n) is 5.72. The Morgan fingerprint density at radius 2 is 1.65 bits per heavy atom. The van der Waals surface area contributed by atoms with Gasteiger partial charge in [-0.1, -0.05) is 6.07 Å². The number of ether oxygens (including phenoxy) is 2. The Morgan fingerprint density at radius 3 is 2.23 bits per heavy atom. The second kappa shape index (κ2) is 7.37. The predicted octanol–water partition coefficient (Wildman–Crippen LogP) is 4.31. The molecule has 0 unspecified atom stereocenters. The zero-order chi connectivity index (χ0) is 18.8. The fourth-order valence-corrected chi connectivity index (χ4v) is 4.04. The first kappa shape index (κ1) is 18.9. The number of carbonyl (C=O) groups is 1. The first-order valence-electron chi connectivity index (χ1n) is 9.67. The van der Waals surface area contributed by atoms with Crippen molar-refractivity contribution in [3.63, 3.8) is 0 Å². The van der Waals surface area contributed by atoms with Crippen molar-refractivity contribution in [2.75, 3.05) is 38.2 Å². The average molecular weight is 360 g/mol. The van der Waals surface area contributed by atoms with Gasteiger partial charge in [0.2, 0.25) is 0 Å². The first-order chi connectivity index (χ1) is 12.3. The van der Waals surface area contributed by atoms with Crippen molar-refractivity contribution in [1.29, 1.82) is 0 Å². The van der Waals surface area contributed by atoms with E-state index in [1.165, 1.54) is 18.5 Å². The molecular weight excluding hydrogens is 328 g/mol. The van der Waals surface area contributed by atoms with Gasteiger partial charge in [-0.2, -0.15) is 0 Å². The number of carbonyl (C=O) groups excluding carboxylic acids is 1. The summed E-state index contributed by atoms with van der Waals surface area (Å²) in [7, 11) is 1.71. The van der Waals surface area contributed by atoms with Gasteiger partial charge in [-0.25, -0.2) is 4.79 Å². The van der Waals surface area contributed by atoms with Crippen LogP contribution in [0.25, 0.3) is 0 Å². The van der Waals surface area contributed by atoms with Gasteiger partial charge in [0.15, 0.2) is 0 Å². The monoisotopic (exact) mass is 360 g/mol. The maximum absolute atomic E-state index is 12.3. The van der Waals surface area contributed by atoms with E-state index in [1.807, 2.05) is 31.7 Å². The van der Waals surface area contributed by atoms with E-state index in [4.69, 9.17) is 9.47 Å². The molecule has 26 heavy (non-hydrogen) atoms. The Kier molecular flexibility index (Phi) is 5.35. The first-order valence-corrected chi connectivity index (χ1v) is 9.67. The van der Waals surface area contributed by atoms with E-state index < -0.39 is 5.60 Å². The molecule has 0 atom stereocenters. The Labute approximate surface area is 157 Å². The third-order valence-corrected chi connectivity index (χ3v) is 5.72. The molecule has 2 aliphatic rings. The molecule has 1 spiro atoms. The van der Waals surface area contributed by atoms with Crippen molar-refractivity contribution in [3.05, 3.63) is 24.3 Å². The predicted molar refractivity (Wildman–Crippen MR) is 104 cm³/mol. The molecule has 0 aromatic heterocycles. The molecular formula is C21H32N2O3. The highest BCUT2D eigenvalue weighted by atomic mass is 16.6. The number of hydrogen-bond donors (Lipinski definition) is 0. The van der Waals surface area contributed by atoms with Crippen LogP contribution in [0.3, 0.4) is 0 Å². The number of methoxy groups -OCH3 is 1. The maximum atomic E-state index is 12.3. The quantitative estimate of drug-likeness (QED) is 0.788. The molecule has 1 amide bonds. The summed E-state index contributed by atoms with van der Waals surface area (Å²) in [6.45, 7) is 9.53. The normalized spacial score (nSPS) is 20.2. The number of rotatable bonds is 2. The fraction of sp³-hybridized carbons (Fsp3) is 0.667. The number of piperidine rings is 2. The van der Waals surface area contributed by atoms with Crippen molar-refractivity contribution in [2.24, 2.45) is 5.41 Å². The number of hydrogen-bond acceptors (Lipinski definition) is 4. The van der Waals surface area contributed by atoms with E-state index >= 15 is 0 Å². The highest BCUT2D eigenvalue weighted by Gasteiger charge is 2.39. The van der Waals surface area contributed by atoms with Crippen LogP contribution in [0.4, 0.5) is 10.5 Å². The lowest BCUT2D eigenvalue weighted by molar-refractivity contribution is 0.00666. The van der Waals surface area contributed by atoms with Crippen LogP contribution in [0.1, 0.15) is 46.5 Å². The number of amides is 1. The molecule has 1 aromatic carbocycles. The van der Waals surface area contributed by atoms with E-state index in [-0.39, 0.29) is 6.09 Å². The van der Waals surface area contributed by atoms with Crippen LogP contribution >= 0.6 is 0 Å². The summed E-state index contributed by atoms with van der Waals surface area (Å²) in [5, 5.41) is 0. The largest absolute Gasteiger partial charge is 0.497 e. The molecule has 2 aliphatic heterocycles. The van der Waals surface area contributed by atoms with Gasteiger partial charge >= 0.3 is 6.09 Å². The van der Waals surface area contributed by atoms with Crippen LogP contribution in [0.5, 0.6) is 5.75 Å². The Hall–Kier alpha value is -1.91. The number of anilines is 1. The standard InChI is InChI=1S/C21H32N2O3/c1-20(2,3)26-19(24)23-14-10-21(11-15-23)8-12-22(13-9-21)17-6-5-7-18(16-17)25-4/h5-7,16H,8-15H2,1-4H3. The van der Waals surface area contributed by atoms with Gasteiger partial charge in [-0.15, -0.1) is 0 Å². The molecule has 2 saturated heterocycles. The van der Waals surface area contributed by atoms with Crippen LogP contribution in [-0.4, -0.2) is 49.9 Å². The molecule has 0 N–H and O–H groups in total. The summed E-state index contributed by atoms with van der Waals surface area (Å²) in [4.78, 5) is 16.6. The second-order valence-corrected chi connectivity index (χ2v) is 8.66. The molecule has 5 nitrogen and oxygen atoms in total. The lowest BCUT2D eigenvalue weighted by atomic mass is 9.71. The summed E-state index contributed by atoms with van der Waals surface area (Å²) in [5.41, 5.74) is 1.20. The molecule has 0 saturated carbocycles. The highest BCUT2D eigenvalue weighted by molar-refractivity contribution is 5.68. The second-order valence-electron chi connectivity index (χ2n) is 8.66. The van der Waals surface area contributed by atoms with Gasteiger partial charge < -0.3 is 19.3 Å². The van der Waals surface area contributed by atoms with E-state index in [1.54, 1.807) is 7.11 Å². The summed E-state index contributed by atoms with van der Waals surface area (Å²) < 4.78 is 10.9. The van der Waals surface area contributed by atoms with Gasteiger partial charge in [0, 0.05) is 37.9 Å². The van der Waals surface area contributed by atoms with Crippen molar-refractivity contribution in [1.82, 2.24) is 4.90 Å². The van der Waals surface area contributed by atoms with E-state index in [0.717, 1.165) is 44.8 Å². The van der Waals surface area contributed by atoms with Crippen LogP contribution < -0.4 is 9.64 Å². The average Bonchev–Trinajstić information content (AvgIpc) is 2.61. The molecule has 2 fully saturated rings. The van der Waals surface area contributed by atoms with Crippen molar-refractivity contribution in [3.8, 4) is 5.75 Å². The lowest BCUT2D eigenvalue weighted by Gasteiger charge is -2.47. The number of nitrogens with zero attached hydrogens (tertiary/aromatic N) is 2. The molecule has 0 bridgehead atoms. The SMILES string of the molecule is COc1cccc(N2CCC3(CCN(C(=O)OC(C)(C)C)CC3)CC2)c1. The Bertz CT molecular complexity index is 620. The fourth-order valence-electron chi connectivity index (χ4n) is 4.04. The van der Waals surface area contributed by atoms with Gasteiger partial charge in [-0.05, 0) is 64.0 Å². The number of benzene rings is 1. The van der Waals surface area contributed by atoms with E-state index in [9.17, 15) is 4.79 Å². The summed E-state index contributed by atoms with van der Waals surface area (Å²) in [5.74, 6) is 0.911. The van der Waals surface area contributed by atoms with Crippen molar-refractivity contribution < 1.29 is 14.3 Å². The molecule has 0 aliphatic carbocycles. The van der Waals surface area contributed by atoms with Crippen LogP contribution in [0.15, 0.2) is 24.3 Å². The summed E-state index contributed by atoms with van der Waals surface area (Å²) >= 11 is 0. The van der Waals surface area contributed by atoms with Gasteiger partial charge in [0.1, 0.15) is 11.4 Å². The third kappa shape index (κ3) is 4.43. The molecule has 3 rings (SSSR count). The Balaban J connectivity index is 1.53. The van der Waals surface area contributed by atoms with Crippen LogP contribution in [0.2, 0.25) is 0 Å². The highest BCUT2D eigenvalue weighted by Crippen LogP contribution is 2.42. The summed E-state index contributed by atoms with van der Waals surface area (Å²) in [6, 6.07) is 8.31. The van der Waals surface area contributed by atoms with E-state index in [2.05, 4.69) is 23.1 Å². The van der Waals surface area contributed by atoms with Crippen molar-refractivity contribution >= 4 is 11.8 Å². The smallest absolute Gasteiger partial charge is 0.410 e. The van der Waals surface area contributed by atoms with Crippen molar-refractivity contribution in [2.45, 2.75) is 52.1 Å². The van der Waals surface area contributed by atoms with Gasteiger partial charge in [0.25, 0.3) is 0 Å². The minimum Gasteiger partial charge on any atom is -0.497 e. The topological polar surface area (TPSA) is 42.0 Å².